The van der Waals surface area contributed by atoms with Crippen LogP contribution in [0.25, 0.3) is 0 Å². The van der Waals surface area contributed by atoms with Crippen LogP contribution in [0, 0.1) is 5.92 Å². The zero-order valence-corrected chi connectivity index (χ0v) is 10.3. The number of alkyl halides is 1. The predicted octanol–water partition coefficient (Wildman–Crippen LogP) is 0.859. The van der Waals surface area contributed by atoms with Crippen molar-refractivity contribution in [1.82, 2.24) is 15.1 Å². The van der Waals surface area contributed by atoms with Gasteiger partial charge >= 0.3 is 0 Å². The van der Waals surface area contributed by atoms with Gasteiger partial charge in [-0.1, -0.05) is 6.92 Å². The Bertz CT molecular complexity index is 454. The number of H-pyrrole nitrogens is 1. The van der Waals surface area contributed by atoms with E-state index in [-0.39, 0.29) is 28.5 Å². The van der Waals surface area contributed by atoms with E-state index in [9.17, 15) is 9.59 Å². The smallest absolute Gasteiger partial charge is 0.274 e. The van der Waals surface area contributed by atoms with Gasteiger partial charge in [-0.15, -0.1) is 11.6 Å². The maximum atomic E-state index is 12.1. The number of piperidine rings is 1. The highest BCUT2D eigenvalue weighted by molar-refractivity contribution is 6.20. The molecule has 0 radical (unpaired) electrons. The van der Waals surface area contributed by atoms with E-state index >= 15 is 0 Å². The maximum absolute atomic E-state index is 12.1. The molecule has 2 rings (SSSR count). The summed E-state index contributed by atoms with van der Waals surface area (Å²) in [5, 5.41) is 6.12. The van der Waals surface area contributed by atoms with Crippen LogP contribution in [0.4, 0.5) is 0 Å². The first-order valence-corrected chi connectivity index (χ1v) is 6.00. The Labute approximate surface area is 104 Å². The summed E-state index contributed by atoms with van der Waals surface area (Å²) in [6, 6.07) is 2.75. The molecule has 1 aliphatic heterocycles. The largest absolute Gasteiger partial charge is 0.337 e. The van der Waals surface area contributed by atoms with Crippen molar-refractivity contribution < 1.29 is 4.79 Å². The van der Waals surface area contributed by atoms with E-state index in [1.165, 1.54) is 12.1 Å². The third-order valence-corrected chi connectivity index (χ3v) is 3.63. The summed E-state index contributed by atoms with van der Waals surface area (Å²) >= 11 is 6.10. The lowest BCUT2D eigenvalue weighted by Crippen LogP contribution is -2.43. The van der Waals surface area contributed by atoms with E-state index in [2.05, 4.69) is 10.2 Å². The first-order chi connectivity index (χ1) is 8.08. The third-order valence-electron chi connectivity index (χ3n) is 2.99. The van der Waals surface area contributed by atoms with Gasteiger partial charge in [0, 0.05) is 24.5 Å². The van der Waals surface area contributed by atoms with E-state index in [1.54, 1.807) is 4.90 Å². The number of nitrogens with zero attached hydrogens (tertiary/aromatic N) is 2. The summed E-state index contributed by atoms with van der Waals surface area (Å²) in [6.45, 7) is 3.29. The van der Waals surface area contributed by atoms with Gasteiger partial charge in [0.05, 0.1) is 0 Å². The first kappa shape index (κ1) is 12.1. The number of hydrogen-bond acceptors (Lipinski definition) is 3. The molecule has 1 aromatic heterocycles. The Morgan fingerprint density at radius 1 is 1.59 bits per heavy atom. The number of halogens is 1. The molecule has 0 aliphatic carbocycles. The van der Waals surface area contributed by atoms with Crippen molar-refractivity contribution in [3.8, 4) is 0 Å². The first-order valence-electron chi connectivity index (χ1n) is 5.57. The zero-order valence-electron chi connectivity index (χ0n) is 9.52. The summed E-state index contributed by atoms with van der Waals surface area (Å²) < 4.78 is 0. The number of amides is 1. The minimum absolute atomic E-state index is 0.127. The van der Waals surface area contributed by atoms with Gasteiger partial charge in [-0.25, -0.2) is 5.10 Å². The Morgan fingerprint density at radius 3 is 2.94 bits per heavy atom. The highest BCUT2D eigenvalue weighted by Gasteiger charge is 2.28. The average Bonchev–Trinajstić information content (AvgIpc) is 2.33. The van der Waals surface area contributed by atoms with Crippen LogP contribution in [0.1, 0.15) is 23.8 Å². The SMILES string of the molecule is CC1CN(C(=O)c2ccc(=O)[nH]n2)CCC1Cl. The van der Waals surface area contributed by atoms with Gasteiger partial charge in [0.25, 0.3) is 11.5 Å². The van der Waals surface area contributed by atoms with Crippen molar-refractivity contribution >= 4 is 17.5 Å². The molecule has 5 nitrogen and oxygen atoms in total. The van der Waals surface area contributed by atoms with E-state index in [1.807, 2.05) is 6.92 Å². The zero-order chi connectivity index (χ0) is 12.4. The monoisotopic (exact) mass is 255 g/mol. The van der Waals surface area contributed by atoms with Gasteiger partial charge in [-0.3, -0.25) is 9.59 Å². The molecule has 1 saturated heterocycles. The summed E-state index contributed by atoms with van der Waals surface area (Å²) in [5.74, 6) is 0.119. The lowest BCUT2D eigenvalue weighted by Gasteiger charge is -2.33. The number of likely N-dealkylation sites (tertiary alicyclic amines) is 1. The Balaban J connectivity index is 2.10. The van der Waals surface area contributed by atoms with Crippen LogP contribution >= 0.6 is 11.6 Å². The fraction of sp³-hybridized carbons (Fsp3) is 0.545. The number of aromatic nitrogens is 2. The molecule has 0 aromatic carbocycles. The number of hydrogen-bond donors (Lipinski definition) is 1. The molecule has 0 spiro atoms. The van der Waals surface area contributed by atoms with Crippen molar-refractivity contribution in [2.24, 2.45) is 5.92 Å². The fourth-order valence-electron chi connectivity index (χ4n) is 1.93. The average molecular weight is 256 g/mol. The van der Waals surface area contributed by atoms with Gasteiger partial charge in [-0.05, 0) is 18.4 Å². The van der Waals surface area contributed by atoms with Gasteiger partial charge < -0.3 is 4.90 Å². The molecule has 0 bridgehead atoms. The van der Waals surface area contributed by atoms with Crippen LogP contribution in [0.2, 0.25) is 0 Å². The molecule has 17 heavy (non-hydrogen) atoms. The molecule has 1 fully saturated rings. The van der Waals surface area contributed by atoms with Crippen LogP contribution in [0.5, 0.6) is 0 Å². The minimum Gasteiger partial charge on any atom is -0.337 e. The van der Waals surface area contributed by atoms with Crippen LogP contribution in [-0.2, 0) is 0 Å². The van der Waals surface area contributed by atoms with Crippen LogP contribution in [-0.4, -0.2) is 39.5 Å². The second-order valence-electron chi connectivity index (χ2n) is 4.34. The molecule has 92 valence electrons. The fourth-order valence-corrected chi connectivity index (χ4v) is 2.10. The Morgan fingerprint density at radius 2 is 2.35 bits per heavy atom. The minimum atomic E-state index is -0.311. The Hall–Kier alpha value is -1.36. The maximum Gasteiger partial charge on any atom is 0.274 e. The summed E-state index contributed by atoms with van der Waals surface area (Å²) in [4.78, 5) is 24.6. The van der Waals surface area contributed by atoms with E-state index < -0.39 is 0 Å². The van der Waals surface area contributed by atoms with Crippen molar-refractivity contribution in [1.29, 1.82) is 0 Å². The lowest BCUT2D eigenvalue weighted by atomic mass is 9.99. The molecule has 0 saturated carbocycles. The van der Waals surface area contributed by atoms with E-state index in [0.29, 0.717) is 13.1 Å². The third kappa shape index (κ3) is 2.66. The molecular weight excluding hydrogens is 242 g/mol. The molecular formula is C11H14ClN3O2. The van der Waals surface area contributed by atoms with Crippen LogP contribution in [0.3, 0.4) is 0 Å². The highest BCUT2D eigenvalue weighted by atomic mass is 35.5. The molecule has 1 N–H and O–H groups in total. The Kier molecular flexibility index (Phi) is 3.47. The molecule has 2 unspecified atom stereocenters. The van der Waals surface area contributed by atoms with Crippen molar-refractivity contribution in [3.63, 3.8) is 0 Å². The number of rotatable bonds is 1. The normalized spacial score (nSPS) is 24.7. The number of nitrogens with one attached hydrogen (secondary N) is 1. The standard InChI is InChI=1S/C11H14ClN3O2/c1-7-6-15(5-4-8(7)12)11(17)9-2-3-10(16)14-13-9/h2-3,7-8H,4-6H2,1H3,(H,14,16). The van der Waals surface area contributed by atoms with Crippen molar-refractivity contribution in [2.75, 3.05) is 13.1 Å². The van der Waals surface area contributed by atoms with Gasteiger partial charge in [0.2, 0.25) is 0 Å². The summed E-state index contributed by atoms with van der Waals surface area (Å²) in [6.07, 6.45) is 0.789. The topological polar surface area (TPSA) is 66.1 Å². The second kappa shape index (κ2) is 4.87. The predicted molar refractivity (Wildman–Crippen MR) is 64.2 cm³/mol. The highest BCUT2D eigenvalue weighted by Crippen LogP contribution is 2.22. The number of aromatic amines is 1. The molecule has 2 heterocycles. The number of carbonyl (C=O) groups excluding carboxylic acids is 1. The quantitative estimate of drug-likeness (QED) is 0.757. The van der Waals surface area contributed by atoms with Crippen molar-refractivity contribution in [2.45, 2.75) is 18.7 Å². The van der Waals surface area contributed by atoms with Gasteiger partial charge in [-0.2, -0.15) is 5.10 Å². The van der Waals surface area contributed by atoms with Gasteiger partial charge in [0.1, 0.15) is 5.69 Å². The molecule has 1 aromatic rings. The van der Waals surface area contributed by atoms with E-state index in [4.69, 9.17) is 11.6 Å². The van der Waals surface area contributed by atoms with Gasteiger partial charge in [0.15, 0.2) is 0 Å². The van der Waals surface area contributed by atoms with E-state index in [0.717, 1.165) is 6.42 Å². The summed E-state index contributed by atoms with van der Waals surface area (Å²) in [7, 11) is 0. The van der Waals surface area contributed by atoms with Crippen LogP contribution in [0.15, 0.2) is 16.9 Å². The van der Waals surface area contributed by atoms with Crippen molar-refractivity contribution in [3.05, 3.63) is 28.2 Å². The molecule has 2 atom stereocenters. The van der Waals surface area contributed by atoms with Crippen LogP contribution < -0.4 is 5.56 Å². The molecule has 6 heteroatoms. The molecule has 1 aliphatic rings. The lowest BCUT2D eigenvalue weighted by molar-refractivity contribution is 0.0679. The molecule has 1 amide bonds. The second-order valence-corrected chi connectivity index (χ2v) is 4.90. The number of carbonyl (C=O) groups is 1. The summed E-state index contributed by atoms with van der Waals surface area (Å²) in [5.41, 5.74) is -0.0424.